The zero-order valence-electron chi connectivity index (χ0n) is 10.2. The largest absolute Gasteiger partial charge is 0.323 e. The molecular weight excluding hydrogens is 198 g/mol. The number of aromatic nitrogens is 1. The maximum atomic E-state index is 5.61. The zero-order chi connectivity index (χ0) is 11.9. The van der Waals surface area contributed by atoms with E-state index in [4.69, 9.17) is 5.84 Å². The highest BCUT2D eigenvalue weighted by molar-refractivity contribution is 5.95. The molecule has 0 saturated heterocycles. The molecule has 0 spiro atoms. The number of pyridine rings is 1. The van der Waals surface area contributed by atoms with Crippen molar-refractivity contribution in [3.8, 4) is 0 Å². The van der Waals surface area contributed by atoms with E-state index >= 15 is 0 Å². The molecule has 2 aromatic rings. The van der Waals surface area contributed by atoms with Gasteiger partial charge in [0, 0.05) is 11.1 Å². The van der Waals surface area contributed by atoms with E-state index in [0.717, 1.165) is 27.8 Å². The van der Waals surface area contributed by atoms with E-state index in [0.29, 0.717) is 0 Å². The van der Waals surface area contributed by atoms with E-state index in [1.807, 2.05) is 13.8 Å². The Bertz CT molecular complexity index is 559. The van der Waals surface area contributed by atoms with Gasteiger partial charge in [0.1, 0.15) is 0 Å². The predicted molar refractivity (Wildman–Crippen MR) is 68.5 cm³/mol. The van der Waals surface area contributed by atoms with Crippen LogP contribution in [0.4, 0.5) is 5.69 Å². The van der Waals surface area contributed by atoms with Gasteiger partial charge in [-0.15, -0.1) is 0 Å². The van der Waals surface area contributed by atoms with Gasteiger partial charge in [0.2, 0.25) is 0 Å². The summed E-state index contributed by atoms with van der Waals surface area (Å²) in [5.74, 6) is 5.61. The summed E-state index contributed by atoms with van der Waals surface area (Å²) in [5, 5.41) is 1.10. The summed E-state index contributed by atoms with van der Waals surface area (Å²) in [6.45, 7) is 8.21. The molecule has 2 rings (SSSR count). The van der Waals surface area contributed by atoms with Crippen molar-refractivity contribution in [3.63, 3.8) is 0 Å². The van der Waals surface area contributed by atoms with E-state index in [2.05, 4.69) is 36.4 Å². The van der Waals surface area contributed by atoms with Crippen molar-refractivity contribution in [3.05, 3.63) is 34.5 Å². The zero-order valence-corrected chi connectivity index (χ0v) is 10.2. The quantitative estimate of drug-likeness (QED) is 0.568. The number of hydrogen-bond donors (Lipinski definition) is 2. The van der Waals surface area contributed by atoms with Gasteiger partial charge in [0.05, 0.1) is 11.2 Å². The van der Waals surface area contributed by atoms with Gasteiger partial charge >= 0.3 is 0 Å². The third kappa shape index (κ3) is 1.53. The third-order valence-electron chi connectivity index (χ3n) is 3.06. The van der Waals surface area contributed by atoms with Crippen LogP contribution < -0.4 is 11.3 Å². The summed E-state index contributed by atoms with van der Waals surface area (Å²) in [5.41, 5.74) is 9.35. The van der Waals surface area contributed by atoms with Crippen LogP contribution in [0.25, 0.3) is 10.9 Å². The van der Waals surface area contributed by atoms with Crippen LogP contribution in [0.15, 0.2) is 12.1 Å². The maximum Gasteiger partial charge on any atom is 0.0755 e. The smallest absolute Gasteiger partial charge is 0.0755 e. The average Bonchev–Trinajstić information content (AvgIpc) is 2.22. The van der Waals surface area contributed by atoms with E-state index < -0.39 is 0 Å². The SMILES string of the molecule is Cc1cc(C)c2nc(C)c(C)c(NN)c2c1. The Morgan fingerprint density at radius 2 is 1.81 bits per heavy atom. The molecule has 0 aliphatic carbocycles. The molecule has 1 heterocycles. The number of nitrogens with two attached hydrogens (primary N) is 1. The summed E-state index contributed by atoms with van der Waals surface area (Å²) in [6.07, 6.45) is 0. The van der Waals surface area contributed by atoms with Crippen molar-refractivity contribution in [1.29, 1.82) is 0 Å². The lowest BCUT2D eigenvalue weighted by atomic mass is 10.0. The first-order valence-electron chi connectivity index (χ1n) is 5.39. The summed E-state index contributed by atoms with van der Waals surface area (Å²) < 4.78 is 0. The second kappa shape index (κ2) is 3.76. The minimum Gasteiger partial charge on any atom is -0.323 e. The number of nitrogens with zero attached hydrogens (tertiary/aromatic N) is 1. The van der Waals surface area contributed by atoms with E-state index in [9.17, 15) is 0 Å². The van der Waals surface area contributed by atoms with E-state index in [1.165, 1.54) is 11.1 Å². The normalized spacial score (nSPS) is 10.8. The summed E-state index contributed by atoms with van der Waals surface area (Å²) in [6, 6.07) is 4.27. The molecule has 0 amide bonds. The Morgan fingerprint density at radius 3 is 2.44 bits per heavy atom. The maximum absolute atomic E-state index is 5.61. The van der Waals surface area contributed by atoms with Gasteiger partial charge in [0.25, 0.3) is 0 Å². The molecule has 0 radical (unpaired) electrons. The van der Waals surface area contributed by atoms with Crippen LogP contribution in [-0.4, -0.2) is 4.98 Å². The number of hydrogen-bond acceptors (Lipinski definition) is 3. The Kier molecular flexibility index (Phi) is 2.56. The number of nitrogens with one attached hydrogen (secondary N) is 1. The lowest BCUT2D eigenvalue weighted by molar-refractivity contribution is 1.17. The molecule has 3 N–H and O–H groups in total. The van der Waals surface area contributed by atoms with Gasteiger partial charge in [-0.1, -0.05) is 11.6 Å². The van der Waals surface area contributed by atoms with Crippen LogP contribution in [0, 0.1) is 27.7 Å². The molecule has 3 heteroatoms. The van der Waals surface area contributed by atoms with Crippen LogP contribution in [0.5, 0.6) is 0 Å². The third-order valence-corrected chi connectivity index (χ3v) is 3.06. The molecule has 0 aliphatic heterocycles. The van der Waals surface area contributed by atoms with Gasteiger partial charge in [-0.2, -0.15) is 0 Å². The first-order chi connectivity index (χ1) is 7.54. The van der Waals surface area contributed by atoms with Crippen molar-refractivity contribution >= 4 is 16.6 Å². The Hall–Kier alpha value is -1.61. The fraction of sp³-hybridized carbons (Fsp3) is 0.308. The highest BCUT2D eigenvalue weighted by atomic mass is 15.2. The fourth-order valence-electron chi connectivity index (χ4n) is 2.12. The van der Waals surface area contributed by atoms with Crippen molar-refractivity contribution in [1.82, 2.24) is 4.98 Å². The van der Waals surface area contributed by atoms with Crippen LogP contribution >= 0.6 is 0 Å². The molecular formula is C13H17N3. The average molecular weight is 215 g/mol. The minimum atomic E-state index is 0.981. The van der Waals surface area contributed by atoms with Gasteiger partial charge in [-0.3, -0.25) is 10.8 Å². The Balaban J connectivity index is 2.96. The molecule has 0 aliphatic rings. The minimum absolute atomic E-state index is 0.981. The number of anilines is 1. The van der Waals surface area contributed by atoms with Gasteiger partial charge in [0.15, 0.2) is 0 Å². The second-order valence-corrected chi connectivity index (χ2v) is 4.32. The number of hydrazine groups is 1. The van der Waals surface area contributed by atoms with Crippen molar-refractivity contribution < 1.29 is 0 Å². The molecule has 16 heavy (non-hydrogen) atoms. The standard InChI is InChI=1S/C13H17N3/c1-7-5-8(2)12-11(6-7)13(16-14)9(3)10(4)15-12/h5-6H,14H2,1-4H3,(H,15,16). The van der Waals surface area contributed by atoms with E-state index in [-0.39, 0.29) is 0 Å². The summed E-state index contributed by atoms with van der Waals surface area (Å²) >= 11 is 0. The number of rotatable bonds is 1. The molecule has 0 bridgehead atoms. The van der Waals surface area contributed by atoms with Crippen LogP contribution in [0.3, 0.4) is 0 Å². The molecule has 0 fully saturated rings. The molecule has 1 aromatic heterocycles. The Labute approximate surface area is 95.7 Å². The highest BCUT2D eigenvalue weighted by Gasteiger charge is 2.10. The number of nitrogen functional groups attached to an aromatic ring is 1. The second-order valence-electron chi connectivity index (χ2n) is 4.32. The summed E-state index contributed by atoms with van der Waals surface area (Å²) in [4.78, 5) is 4.63. The van der Waals surface area contributed by atoms with Gasteiger partial charge in [-0.05, 0) is 44.9 Å². The van der Waals surface area contributed by atoms with E-state index in [1.54, 1.807) is 0 Å². The van der Waals surface area contributed by atoms with Crippen molar-refractivity contribution in [2.45, 2.75) is 27.7 Å². The monoisotopic (exact) mass is 215 g/mol. The summed E-state index contributed by atoms with van der Waals surface area (Å²) in [7, 11) is 0. The number of aryl methyl sites for hydroxylation is 3. The predicted octanol–water partition coefficient (Wildman–Crippen LogP) is 2.75. The van der Waals surface area contributed by atoms with Gasteiger partial charge in [-0.25, -0.2) is 0 Å². The molecule has 3 nitrogen and oxygen atoms in total. The topological polar surface area (TPSA) is 50.9 Å². The first kappa shape index (κ1) is 10.9. The first-order valence-corrected chi connectivity index (χ1v) is 5.39. The Morgan fingerprint density at radius 1 is 1.12 bits per heavy atom. The molecule has 0 unspecified atom stereocenters. The van der Waals surface area contributed by atoms with Crippen molar-refractivity contribution in [2.75, 3.05) is 5.43 Å². The van der Waals surface area contributed by atoms with Crippen molar-refractivity contribution in [2.24, 2.45) is 5.84 Å². The van der Waals surface area contributed by atoms with Crippen LogP contribution in [-0.2, 0) is 0 Å². The van der Waals surface area contributed by atoms with Crippen LogP contribution in [0.1, 0.15) is 22.4 Å². The molecule has 0 atom stereocenters. The van der Waals surface area contributed by atoms with Gasteiger partial charge < -0.3 is 5.43 Å². The number of benzene rings is 1. The lowest BCUT2D eigenvalue weighted by Crippen LogP contribution is -2.10. The number of fused-ring (bicyclic) bond motifs is 1. The fourth-order valence-corrected chi connectivity index (χ4v) is 2.12. The highest BCUT2D eigenvalue weighted by Crippen LogP contribution is 2.29. The lowest BCUT2D eigenvalue weighted by Gasteiger charge is -2.13. The molecule has 0 saturated carbocycles. The van der Waals surface area contributed by atoms with Crippen LogP contribution in [0.2, 0.25) is 0 Å². The molecule has 84 valence electrons. The molecule has 1 aromatic carbocycles.